The average Bonchev–Trinajstić information content (AvgIpc) is 2.55. The molecule has 0 aliphatic carbocycles. The van der Waals surface area contributed by atoms with Crippen LogP contribution in [0, 0.1) is 0 Å². The van der Waals surface area contributed by atoms with Gasteiger partial charge in [-0.05, 0) is 38.1 Å². The Kier molecular flexibility index (Phi) is 5.25. The molecule has 5 heteroatoms. The molecule has 0 aromatic heterocycles. The molecule has 1 atom stereocenters. The molecule has 0 saturated carbocycles. The number of Topliss-reactive ketones (excluding diaryl/α,β-unsaturated/α-hetero) is 1. The molecule has 2 aromatic carbocycles. The van der Waals surface area contributed by atoms with Gasteiger partial charge in [0, 0.05) is 5.56 Å². The largest absolute Gasteiger partial charge is 0.449 e. The highest BCUT2D eigenvalue weighted by molar-refractivity contribution is 6.05. The highest BCUT2D eigenvalue weighted by atomic mass is 16.5. The van der Waals surface area contributed by atoms with E-state index in [4.69, 9.17) is 4.74 Å². The quantitative estimate of drug-likeness (QED) is 0.680. The van der Waals surface area contributed by atoms with Crippen LogP contribution in [0.15, 0.2) is 54.6 Å². The predicted molar refractivity (Wildman–Crippen MR) is 86.4 cm³/mol. The van der Waals surface area contributed by atoms with Crippen molar-refractivity contribution in [2.24, 2.45) is 0 Å². The van der Waals surface area contributed by atoms with Crippen LogP contribution in [0.25, 0.3) is 0 Å². The minimum absolute atomic E-state index is 0.158. The number of amides is 1. The van der Waals surface area contributed by atoms with Crippen LogP contribution in [0.5, 0.6) is 0 Å². The number of hydrogen-bond donors (Lipinski definition) is 1. The van der Waals surface area contributed by atoms with Crippen molar-refractivity contribution < 1.29 is 19.1 Å². The second kappa shape index (κ2) is 7.35. The number of benzene rings is 2. The molecule has 0 aliphatic rings. The summed E-state index contributed by atoms with van der Waals surface area (Å²) in [7, 11) is 0. The van der Waals surface area contributed by atoms with Crippen molar-refractivity contribution in [3.05, 3.63) is 65.7 Å². The van der Waals surface area contributed by atoms with Gasteiger partial charge in [0.15, 0.2) is 11.9 Å². The monoisotopic (exact) mass is 311 g/mol. The van der Waals surface area contributed by atoms with E-state index in [1.165, 1.54) is 13.8 Å². The first-order chi connectivity index (χ1) is 11.0. The Balaban J connectivity index is 2.04. The first-order valence-corrected chi connectivity index (χ1v) is 7.16. The van der Waals surface area contributed by atoms with Gasteiger partial charge in [0.2, 0.25) is 0 Å². The molecule has 1 N–H and O–H groups in total. The van der Waals surface area contributed by atoms with Crippen LogP contribution in [0.3, 0.4) is 0 Å². The van der Waals surface area contributed by atoms with Crippen molar-refractivity contribution in [3.63, 3.8) is 0 Å². The van der Waals surface area contributed by atoms with Gasteiger partial charge in [-0.3, -0.25) is 9.59 Å². The maximum atomic E-state index is 12.2. The van der Waals surface area contributed by atoms with Crippen LogP contribution in [0.2, 0.25) is 0 Å². The number of rotatable bonds is 5. The van der Waals surface area contributed by atoms with E-state index in [2.05, 4.69) is 5.32 Å². The lowest BCUT2D eigenvalue weighted by atomic mass is 10.1. The van der Waals surface area contributed by atoms with Gasteiger partial charge in [0.1, 0.15) is 0 Å². The summed E-state index contributed by atoms with van der Waals surface area (Å²) in [5.74, 6) is -1.23. The summed E-state index contributed by atoms with van der Waals surface area (Å²) in [5, 5.41) is 2.61. The minimum atomic E-state index is -0.984. The summed E-state index contributed by atoms with van der Waals surface area (Å²) >= 11 is 0. The lowest BCUT2D eigenvalue weighted by Crippen LogP contribution is -2.30. The van der Waals surface area contributed by atoms with Crippen molar-refractivity contribution in [1.82, 2.24) is 0 Å². The molecule has 118 valence electrons. The summed E-state index contributed by atoms with van der Waals surface area (Å²) in [6.07, 6.45) is -0.984. The number of carbonyl (C=O) groups excluding carboxylic acids is 3. The minimum Gasteiger partial charge on any atom is -0.449 e. The van der Waals surface area contributed by atoms with Crippen molar-refractivity contribution in [2.45, 2.75) is 20.0 Å². The van der Waals surface area contributed by atoms with Gasteiger partial charge in [-0.25, -0.2) is 4.79 Å². The van der Waals surface area contributed by atoms with Gasteiger partial charge in [-0.15, -0.1) is 0 Å². The molecule has 0 fully saturated rings. The lowest BCUT2D eigenvalue weighted by molar-refractivity contribution is -0.123. The van der Waals surface area contributed by atoms with Gasteiger partial charge in [0.25, 0.3) is 5.91 Å². The third-order valence-electron chi connectivity index (χ3n) is 3.23. The standard InChI is InChI=1S/C18H17NO4/c1-12(20)15-10-6-7-11-16(15)19-17(21)13(2)23-18(22)14-8-4-3-5-9-14/h3-11,13H,1-2H3,(H,19,21)/t13-/m0/s1. The van der Waals surface area contributed by atoms with Crippen LogP contribution < -0.4 is 5.32 Å². The van der Waals surface area contributed by atoms with E-state index in [1.54, 1.807) is 54.6 Å². The van der Waals surface area contributed by atoms with Gasteiger partial charge in [-0.1, -0.05) is 30.3 Å². The smallest absolute Gasteiger partial charge is 0.338 e. The van der Waals surface area contributed by atoms with Gasteiger partial charge in [0.05, 0.1) is 11.3 Å². The SMILES string of the molecule is CC(=O)c1ccccc1NC(=O)[C@H](C)OC(=O)c1ccccc1. The third-order valence-corrected chi connectivity index (χ3v) is 3.23. The zero-order chi connectivity index (χ0) is 16.8. The van der Waals surface area contributed by atoms with E-state index in [0.29, 0.717) is 16.8 Å². The first kappa shape index (κ1) is 16.4. The number of nitrogens with one attached hydrogen (secondary N) is 1. The van der Waals surface area contributed by atoms with Gasteiger partial charge < -0.3 is 10.1 Å². The number of hydrogen-bond acceptors (Lipinski definition) is 4. The molecule has 2 aromatic rings. The molecule has 0 bridgehead atoms. The van der Waals surface area contributed by atoms with E-state index >= 15 is 0 Å². The van der Waals surface area contributed by atoms with Crippen LogP contribution in [0.1, 0.15) is 34.6 Å². The van der Waals surface area contributed by atoms with Crippen molar-refractivity contribution >= 4 is 23.3 Å². The molecular formula is C18H17NO4. The van der Waals surface area contributed by atoms with Crippen LogP contribution >= 0.6 is 0 Å². The van der Waals surface area contributed by atoms with E-state index in [9.17, 15) is 14.4 Å². The number of ether oxygens (including phenoxy) is 1. The second-order valence-corrected chi connectivity index (χ2v) is 5.00. The highest BCUT2D eigenvalue weighted by Crippen LogP contribution is 2.16. The van der Waals surface area contributed by atoms with Crippen molar-refractivity contribution in [3.8, 4) is 0 Å². The third kappa shape index (κ3) is 4.26. The van der Waals surface area contributed by atoms with Gasteiger partial charge >= 0.3 is 5.97 Å². The Bertz CT molecular complexity index is 725. The second-order valence-electron chi connectivity index (χ2n) is 5.00. The van der Waals surface area contributed by atoms with E-state index < -0.39 is 18.0 Å². The van der Waals surface area contributed by atoms with Crippen LogP contribution in [-0.4, -0.2) is 23.8 Å². The molecule has 23 heavy (non-hydrogen) atoms. The first-order valence-electron chi connectivity index (χ1n) is 7.16. The summed E-state index contributed by atoms with van der Waals surface area (Å²) in [6, 6.07) is 15.1. The summed E-state index contributed by atoms with van der Waals surface area (Å²) in [4.78, 5) is 35.6. The molecule has 0 heterocycles. The molecule has 0 saturated heterocycles. The lowest BCUT2D eigenvalue weighted by Gasteiger charge is -2.15. The highest BCUT2D eigenvalue weighted by Gasteiger charge is 2.20. The molecule has 1 amide bonds. The number of esters is 1. The summed E-state index contributed by atoms with van der Waals surface area (Å²) < 4.78 is 5.13. The molecule has 0 unspecified atom stereocenters. The zero-order valence-electron chi connectivity index (χ0n) is 12.9. The Morgan fingerprint density at radius 3 is 2.22 bits per heavy atom. The maximum Gasteiger partial charge on any atom is 0.338 e. The van der Waals surface area contributed by atoms with Crippen LogP contribution in [0.4, 0.5) is 5.69 Å². The number of carbonyl (C=O) groups is 3. The fraction of sp³-hybridized carbons (Fsp3) is 0.167. The predicted octanol–water partition coefficient (Wildman–Crippen LogP) is 3.07. The Morgan fingerprint density at radius 1 is 0.957 bits per heavy atom. The van der Waals surface area contributed by atoms with Crippen molar-refractivity contribution in [2.75, 3.05) is 5.32 Å². The normalized spacial score (nSPS) is 11.4. The number of ketones is 1. The van der Waals surface area contributed by atoms with E-state index in [1.807, 2.05) is 0 Å². The summed E-state index contributed by atoms with van der Waals surface area (Å²) in [5.41, 5.74) is 1.17. The molecule has 0 spiro atoms. The Labute approximate surface area is 134 Å². The fourth-order valence-electron chi connectivity index (χ4n) is 1.99. The number of para-hydroxylation sites is 1. The van der Waals surface area contributed by atoms with Crippen molar-refractivity contribution in [1.29, 1.82) is 0 Å². The topological polar surface area (TPSA) is 72.5 Å². The van der Waals surface area contributed by atoms with Crippen LogP contribution in [-0.2, 0) is 9.53 Å². The Morgan fingerprint density at radius 2 is 1.57 bits per heavy atom. The molecule has 0 radical (unpaired) electrons. The summed E-state index contributed by atoms with van der Waals surface area (Å²) in [6.45, 7) is 2.90. The number of anilines is 1. The fourth-order valence-corrected chi connectivity index (χ4v) is 1.99. The van der Waals surface area contributed by atoms with E-state index in [-0.39, 0.29) is 5.78 Å². The molecule has 5 nitrogen and oxygen atoms in total. The van der Waals surface area contributed by atoms with E-state index in [0.717, 1.165) is 0 Å². The zero-order valence-corrected chi connectivity index (χ0v) is 12.9. The molecule has 0 aliphatic heterocycles. The van der Waals surface area contributed by atoms with Gasteiger partial charge in [-0.2, -0.15) is 0 Å². The molecular weight excluding hydrogens is 294 g/mol. The Hall–Kier alpha value is -2.95. The molecule has 2 rings (SSSR count). The maximum absolute atomic E-state index is 12.2. The average molecular weight is 311 g/mol.